The van der Waals surface area contributed by atoms with Crippen molar-refractivity contribution in [3.8, 4) is 11.3 Å². The Morgan fingerprint density at radius 3 is 2.70 bits per heavy atom. The van der Waals surface area contributed by atoms with Crippen molar-refractivity contribution in [3.05, 3.63) is 66.0 Å². The van der Waals surface area contributed by atoms with Crippen molar-refractivity contribution in [3.63, 3.8) is 0 Å². The third-order valence-corrected chi connectivity index (χ3v) is 5.72. The maximum Gasteiger partial charge on any atom is 0.320 e. The van der Waals surface area contributed by atoms with E-state index in [2.05, 4.69) is 25.6 Å². The molecule has 33 heavy (non-hydrogen) atoms. The molecule has 2 N–H and O–H groups in total. The summed E-state index contributed by atoms with van der Waals surface area (Å²) in [5, 5.41) is 10.2. The molecule has 0 bridgehead atoms. The highest BCUT2D eigenvalue weighted by Crippen LogP contribution is 2.29. The Bertz CT molecular complexity index is 1090. The molecule has 2 aromatic heterocycles. The van der Waals surface area contributed by atoms with Crippen LogP contribution >= 0.6 is 0 Å². The minimum Gasteiger partial charge on any atom is -0.383 e. The average molecular weight is 456 g/mol. The lowest BCUT2D eigenvalue weighted by Gasteiger charge is -2.20. The summed E-state index contributed by atoms with van der Waals surface area (Å²) in [6.07, 6.45) is 3.37. The first-order valence-electron chi connectivity index (χ1n) is 10.6. The Labute approximate surface area is 190 Å². The molecule has 1 aliphatic heterocycles. The van der Waals surface area contributed by atoms with Crippen LogP contribution in [0.3, 0.4) is 0 Å². The number of amides is 2. The van der Waals surface area contributed by atoms with Gasteiger partial charge in [0.1, 0.15) is 17.5 Å². The number of hydrogen-bond donors (Lipinski definition) is 2. The molecule has 4 rings (SSSR count). The first-order valence-corrected chi connectivity index (χ1v) is 10.6. The number of halogens is 2. The van der Waals surface area contributed by atoms with Gasteiger partial charge in [0.15, 0.2) is 0 Å². The van der Waals surface area contributed by atoms with Crippen molar-refractivity contribution in [1.29, 1.82) is 0 Å². The number of hydrogen-bond acceptors (Lipinski definition) is 5. The maximum atomic E-state index is 13.9. The summed E-state index contributed by atoms with van der Waals surface area (Å²) in [5.74, 6) is -1.04. The minimum absolute atomic E-state index is 0.268. The third-order valence-electron chi connectivity index (χ3n) is 5.72. The van der Waals surface area contributed by atoms with E-state index < -0.39 is 17.7 Å². The van der Waals surface area contributed by atoms with E-state index in [1.165, 1.54) is 12.1 Å². The lowest BCUT2D eigenvalue weighted by Crippen LogP contribution is -2.42. The monoisotopic (exact) mass is 456 g/mol. The number of methoxy groups -OCH3 is 1. The summed E-state index contributed by atoms with van der Waals surface area (Å²) in [7, 11) is 3.35. The molecular formula is C23H26F2N6O2. The van der Waals surface area contributed by atoms with Gasteiger partial charge in [0.25, 0.3) is 0 Å². The van der Waals surface area contributed by atoms with E-state index in [1.54, 1.807) is 37.3 Å². The Hall–Kier alpha value is -3.37. The smallest absolute Gasteiger partial charge is 0.320 e. The highest BCUT2D eigenvalue weighted by atomic mass is 19.1. The second kappa shape index (κ2) is 10.1. The Morgan fingerprint density at radius 1 is 1.21 bits per heavy atom. The van der Waals surface area contributed by atoms with Crippen molar-refractivity contribution in [2.75, 3.05) is 38.7 Å². The number of benzene rings is 1. The third kappa shape index (κ3) is 5.52. The number of nitrogens with one attached hydrogen (secondary N) is 2. The van der Waals surface area contributed by atoms with Crippen molar-refractivity contribution >= 4 is 11.8 Å². The van der Waals surface area contributed by atoms with Crippen LogP contribution in [0.2, 0.25) is 0 Å². The normalized spacial score (nSPS) is 18.4. The number of nitrogens with zero attached hydrogens (tertiary/aromatic N) is 4. The topological polar surface area (TPSA) is 84.3 Å². The van der Waals surface area contributed by atoms with Crippen molar-refractivity contribution < 1.29 is 18.3 Å². The Morgan fingerprint density at radius 2 is 2.00 bits per heavy atom. The molecule has 8 nitrogen and oxygen atoms in total. The second-order valence-electron chi connectivity index (χ2n) is 8.05. The highest BCUT2D eigenvalue weighted by molar-refractivity contribution is 5.89. The lowest BCUT2D eigenvalue weighted by atomic mass is 9.94. The number of aryl methyl sites for hydroxylation is 1. The molecular weight excluding hydrogens is 430 g/mol. The molecule has 3 heterocycles. The van der Waals surface area contributed by atoms with Gasteiger partial charge in [0, 0.05) is 69.8 Å². The Balaban J connectivity index is 1.48. The molecule has 0 aliphatic carbocycles. The number of anilines is 1. The number of rotatable bonds is 7. The summed E-state index contributed by atoms with van der Waals surface area (Å²) < 4.78 is 34.4. The van der Waals surface area contributed by atoms with Crippen LogP contribution < -0.4 is 10.6 Å². The maximum absolute atomic E-state index is 13.9. The summed E-state index contributed by atoms with van der Waals surface area (Å²) in [5.41, 5.74) is 2.03. The largest absolute Gasteiger partial charge is 0.383 e. The molecule has 1 fully saturated rings. The molecule has 1 aliphatic rings. The predicted molar refractivity (Wildman–Crippen MR) is 120 cm³/mol. The van der Waals surface area contributed by atoms with Gasteiger partial charge in [-0.2, -0.15) is 5.10 Å². The van der Waals surface area contributed by atoms with Crippen molar-refractivity contribution in [2.24, 2.45) is 7.05 Å². The average Bonchev–Trinajstić information content (AvgIpc) is 3.35. The van der Waals surface area contributed by atoms with E-state index in [-0.39, 0.29) is 12.0 Å². The van der Waals surface area contributed by atoms with Gasteiger partial charge in [-0.1, -0.05) is 0 Å². The molecule has 1 saturated heterocycles. The lowest BCUT2D eigenvalue weighted by molar-refractivity contribution is 0.159. The second-order valence-corrected chi connectivity index (χ2v) is 8.05. The summed E-state index contributed by atoms with van der Waals surface area (Å²) in [4.78, 5) is 19.0. The number of ether oxygens (including phenoxy) is 1. The first-order chi connectivity index (χ1) is 15.9. The molecule has 0 saturated carbocycles. The molecule has 3 aromatic rings. The minimum atomic E-state index is -0.638. The number of carbonyl (C=O) groups excluding carboxylic acids is 1. The highest BCUT2D eigenvalue weighted by Gasteiger charge is 2.35. The van der Waals surface area contributed by atoms with Crippen LogP contribution in [-0.2, 0) is 11.8 Å². The molecule has 2 unspecified atom stereocenters. The summed E-state index contributed by atoms with van der Waals surface area (Å²) >= 11 is 0. The molecule has 2 amide bonds. The standard InChI is InChI=1S/C23H26F2N6O2/c1-30-22(11-20(29-30)15-4-3-5-26-12-15)28-23(32)27-21-14-31(6-7-33-2)13-19(21)16-8-17(24)10-18(25)9-16/h3-5,8-12,19,21H,6-7,13-14H2,1-2H3,(H2,27,28,32). The molecule has 2 atom stereocenters. The SMILES string of the molecule is COCCN1CC(NC(=O)Nc2cc(-c3cccnc3)nn2C)C(c2cc(F)cc(F)c2)C1. The predicted octanol–water partition coefficient (Wildman–Crippen LogP) is 3.00. The number of urea groups is 1. The van der Waals surface area contributed by atoms with Gasteiger partial charge in [0.2, 0.25) is 0 Å². The van der Waals surface area contributed by atoms with Gasteiger partial charge in [-0.25, -0.2) is 13.6 Å². The van der Waals surface area contributed by atoms with Crippen molar-refractivity contribution in [2.45, 2.75) is 12.0 Å². The van der Waals surface area contributed by atoms with Gasteiger partial charge in [0.05, 0.1) is 18.3 Å². The zero-order valence-electron chi connectivity index (χ0n) is 18.5. The fourth-order valence-corrected chi connectivity index (χ4v) is 4.12. The quantitative estimate of drug-likeness (QED) is 0.571. The summed E-state index contributed by atoms with van der Waals surface area (Å²) in [6, 6.07) is 8.19. The molecule has 10 heteroatoms. The zero-order valence-corrected chi connectivity index (χ0v) is 18.5. The number of aromatic nitrogens is 3. The van der Waals surface area contributed by atoms with Crippen LogP contribution in [0, 0.1) is 11.6 Å². The van der Waals surface area contributed by atoms with E-state index in [1.807, 2.05) is 12.1 Å². The molecule has 174 valence electrons. The van der Waals surface area contributed by atoms with E-state index >= 15 is 0 Å². The fourth-order valence-electron chi connectivity index (χ4n) is 4.12. The summed E-state index contributed by atoms with van der Waals surface area (Å²) in [6.45, 7) is 2.26. The first kappa shape index (κ1) is 22.8. The van der Waals surface area contributed by atoms with Gasteiger partial charge >= 0.3 is 6.03 Å². The number of carbonyl (C=O) groups is 1. The van der Waals surface area contributed by atoms with E-state index in [0.717, 1.165) is 11.6 Å². The van der Waals surface area contributed by atoms with E-state index in [9.17, 15) is 13.6 Å². The molecule has 1 aromatic carbocycles. The Kier molecular flexibility index (Phi) is 6.95. The van der Waals surface area contributed by atoms with Crippen LogP contribution in [-0.4, -0.2) is 65.1 Å². The zero-order chi connectivity index (χ0) is 23.4. The van der Waals surface area contributed by atoms with Crippen molar-refractivity contribution in [1.82, 2.24) is 25.0 Å². The number of pyridine rings is 1. The van der Waals surface area contributed by atoms with Gasteiger partial charge < -0.3 is 10.1 Å². The van der Waals surface area contributed by atoms with E-state index in [0.29, 0.717) is 43.3 Å². The van der Waals surface area contributed by atoms with Crippen LogP contribution in [0.4, 0.5) is 19.4 Å². The van der Waals surface area contributed by atoms with Crippen LogP contribution in [0.1, 0.15) is 11.5 Å². The molecule has 0 radical (unpaired) electrons. The fraction of sp³-hybridized carbons (Fsp3) is 0.348. The van der Waals surface area contributed by atoms with Crippen LogP contribution in [0.5, 0.6) is 0 Å². The molecule has 0 spiro atoms. The van der Waals surface area contributed by atoms with E-state index in [4.69, 9.17) is 4.74 Å². The van der Waals surface area contributed by atoms with Gasteiger partial charge in [-0.05, 0) is 29.8 Å². The van der Waals surface area contributed by atoms with Crippen LogP contribution in [0.15, 0.2) is 48.8 Å². The van der Waals surface area contributed by atoms with Gasteiger partial charge in [-0.3, -0.25) is 19.9 Å². The van der Waals surface area contributed by atoms with Crippen LogP contribution in [0.25, 0.3) is 11.3 Å². The van der Waals surface area contributed by atoms with Gasteiger partial charge in [-0.15, -0.1) is 0 Å². The number of likely N-dealkylation sites (tertiary alicyclic amines) is 1.